The predicted molar refractivity (Wildman–Crippen MR) is 93.8 cm³/mol. The van der Waals surface area contributed by atoms with E-state index in [1.54, 1.807) is 14.2 Å². The molecule has 126 valence electrons. The summed E-state index contributed by atoms with van der Waals surface area (Å²) in [5.41, 5.74) is 2.47. The zero-order valence-electron chi connectivity index (χ0n) is 14.2. The Kier molecular flexibility index (Phi) is 3.83. The minimum atomic E-state index is 0.206. The Morgan fingerprint density at radius 2 is 1.79 bits per heavy atom. The number of nitrogens with one attached hydrogen (secondary N) is 1. The number of carbonyl (C=O) groups excluding carboxylic acids is 1. The minimum Gasteiger partial charge on any atom is -0.496 e. The molecule has 1 unspecified atom stereocenters. The third kappa shape index (κ3) is 2.50. The molecule has 1 atom stereocenters. The number of hydrogen-bond acceptors (Lipinski definition) is 3. The highest BCUT2D eigenvalue weighted by molar-refractivity contribution is 5.94. The molecule has 1 amide bonds. The molecule has 0 spiro atoms. The van der Waals surface area contributed by atoms with E-state index in [1.807, 2.05) is 12.1 Å². The molecular weight excluding hydrogens is 302 g/mol. The van der Waals surface area contributed by atoms with Crippen LogP contribution in [0.3, 0.4) is 0 Å². The van der Waals surface area contributed by atoms with E-state index >= 15 is 0 Å². The maximum Gasteiger partial charge on any atom is 0.223 e. The van der Waals surface area contributed by atoms with Gasteiger partial charge in [-0.2, -0.15) is 0 Å². The predicted octanol–water partition coefficient (Wildman–Crippen LogP) is 3.41. The topological polar surface area (TPSA) is 47.6 Å². The highest BCUT2D eigenvalue weighted by Crippen LogP contribution is 2.44. The van der Waals surface area contributed by atoms with Gasteiger partial charge in [0.15, 0.2) is 0 Å². The zero-order valence-corrected chi connectivity index (χ0v) is 14.2. The van der Waals surface area contributed by atoms with E-state index in [0.29, 0.717) is 6.54 Å². The van der Waals surface area contributed by atoms with Crippen molar-refractivity contribution in [1.29, 1.82) is 0 Å². The number of hydrogen-bond donors (Lipinski definition) is 1. The lowest BCUT2D eigenvalue weighted by Crippen LogP contribution is -2.31. The molecule has 2 aliphatic carbocycles. The second-order valence-electron chi connectivity index (χ2n) is 6.78. The molecule has 0 heterocycles. The van der Waals surface area contributed by atoms with Crippen molar-refractivity contribution in [3.63, 3.8) is 0 Å². The third-order valence-corrected chi connectivity index (χ3v) is 5.31. The Balaban J connectivity index is 1.76. The maximum absolute atomic E-state index is 12.0. The van der Waals surface area contributed by atoms with E-state index in [2.05, 4.69) is 17.4 Å². The largest absolute Gasteiger partial charge is 0.496 e. The first-order valence-electron chi connectivity index (χ1n) is 8.67. The Hall–Kier alpha value is -2.23. The van der Waals surface area contributed by atoms with Gasteiger partial charge in [-0.15, -0.1) is 0 Å². The first-order valence-corrected chi connectivity index (χ1v) is 8.67. The van der Waals surface area contributed by atoms with Crippen LogP contribution in [0.15, 0.2) is 24.3 Å². The van der Waals surface area contributed by atoms with E-state index in [-0.39, 0.29) is 17.7 Å². The zero-order chi connectivity index (χ0) is 16.7. The first kappa shape index (κ1) is 15.3. The lowest BCUT2D eigenvalue weighted by atomic mass is 9.80. The van der Waals surface area contributed by atoms with Crippen molar-refractivity contribution in [2.75, 3.05) is 20.8 Å². The maximum atomic E-state index is 12.0. The van der Waals surface area contributed by atoms with Crippen molar-refractivity contribution in [2.45, 2.75) is 31.6 Å². The molecular formula is C20H23NO3. The van der Waals surface area contributed by atoms with E-state index in [1.165, 1.54) is 21.9 Å². The van der Waals surface area contributed by atoms with Crippen LogP contribution < -0.4 is 14.8 Å². The number of aryl methyl sites for hydroxylation is 1. The SMILES string of the molecule is COc1ccc2ccc(OC)c3c2c1CCC3CNC(=O)C1CC1. The van der Waals surface area contributed by atoms with Crippen LogP contribution in [-0.4, -0.2) is 26.7 Å². The second-order valence-corrected chi connectivity index (χ2v) is 6.78. The molecule has 0 aromatic heterocycles. The lowest BCUT2D eigenvalue weighted by Gasteiger charge is -2.29. The van der Waals surface area contributed by atoms with Crippen LogP contribution in [0.5, 0.6) is 11.5 Å². The summed E-state index contributed by atoms with van der Waals surface area (Å²) in [5.74, 6) is 2.59. The highest BCUT2D eigenvalue weighted by atomic mass is 16.5. The Bertz CT molecular complexity index is 790. The van der Waals surface area contributed by atoms with Crippen molar-refractivity contribution in [3.05, 3.63) is 35.4 Å². The molecule has 4 heteroatoms. The van der Waals surface area contributed by atoms with E-state index in [4.69, 9.17) is 9.47 Å². The number of carbonyl (C=O) groups is 1. The molecule has 4 rings (SSSR count). The van der Waals surface area contributed by atoms with Crippen LogP contribution in [0.4, 0.5) is 0 Å². The van der Waals surface area contributed by atoms with Gasteiger partial charge in [-0.1, -0.05) is 12.1 Å². The Morgan fingerprint density at radius 1 is 1.08 bits per heavy atom. The Labute approximate surface area is 142 Å². The van der Waals surface area contributed by atoms with Gasteiger partial charge in [-0.25, -0.2) is 0 Å². The smallest absolute Gasteiger partial charge is 0.223 e. The molecule has 1 saturated carbocycles. The van der Waals surface area contributed by atoms with Crippen LogP contribution in [0.25, 0.3) is 10.8 Å². The molecule has 0 saturated heterocycles. The quantitative estimate of drug-likeness (QED) is 0.916. The molecule has 2 aromatic rings. The molecule has 0 radical (unpaired) electrons. The van der Waals surface area contributed by atoms with Crippen molar-refractivity contribution < 1.29 is 14.3 Å². The minimum absolute atomic E-state index is 0.206. The summed E-state index contributed by atoms with van der Waals surface area (Å²) >= 11 is 0. The summed E-state index contributed by atoms with van der Waals surface area (Å²) in [4.78, 5) is 12.0. The van der Waals surface area contributed by atoms with Gasteiger partial charge in [-0.05, 0) is 48.6 Å². The Morgan fingerprint density at radius 3 is 2.46 bits per heavy atom. The molecule has 1 fully saturated rings. The van der Waals surface area contributed by atoms with Gasteiger partial charge >= 0.3 is 0 Å². The van der Waals surface area contributed by atoms with Crippen molar-refractivity contribution >= 4 is 16.7 Å². The second kappa shape index (κ2) is 6.00. The molecule has 24 heavy (non-hydrogen) atoms. The van der Waals surface area contributed by atoms with Gasteiger partial charge in [0.25, 0.3) is 0 Å². The van der Waals surface area contributed by atoms with Crippen LogP contribution in [0, 0.1) is 5.92 Å². The van der Waals surface area contributed by atoms with Gasteiger partial charge in [0.05, 0.1) is 14.2 Å². The summed E-state index contributed by atoms with van der Waals surface area (Å²) in [6.07, 6.45) is 4.03. The summed E-state index contributed by atoms with van der Waals surface area (Å²) in [7, 11) is 3.44. The number of ether oxygens (including phenoxy) is 2. The standard InChI is InChI=1S/C20H23NO3/c1-23-16-9-6-12-7-10-17(24-2)19-14(5-8-15(16)18(12)19)11-21-20(22)13-3-4-13/h6-7,9-10,13-14H,3-5,8,11H2,1-2H3,(H,21,22). The average molecular weight is 325 g/mol. The number of amides is 1. The van der Waals surface area contributed by atoms with E-state index < -0.39 is 0 Å². The highest BCUT2D eigenvalue weighted by Gasteiger charge is 2.32. The van der Waals surface area contributed by atoms with Crippen molar-refractivity contribution in [1.82, 2.24) is 5.32 Å². The molecule has 2 aromatic carbocycles. The fraction of sp³-hybridized carbons (Fsp3) is 0.450. The first-order chi connectivity index (χ1) is 11.7. The molecule has 1 N–H and O–H groups in total. The van der Waals surface area contributed by atoms with Gasteiger partial charge in [-0.3, -0.25) is 4.79 Å². The number of methoxy groups -OCH3 is 2. The van der Waals surface area contributed by atoms with Crippen LogP contribution in [0.2, 0.25) is 0 Å². The van der Waals surface area contributed by atoms with E-state index in [0.717, 1.165) is 37.2 Å². The fourth-order valence-electron chi connectivity index (χ4n) is 3.89. The summed E-state index contributed by atoms with van der Waals surface area (Å²) in [6, 6.07) is 8.29. The monoisotopic (exact) mass is 325 g/mol. The summed E-state index contributed by atoms with van der Waals surface area (Å²) < 4.78 is 11.2. The summed E-state index contributed by atoms with van der Waals surface area (Å²) in [6.45, 7) is 0.682. The molecule has 0 bridgehead atoms. The molecule has 0 aliphatic heterocycles. The van der Waals surface area contributed by atoms with Gasteiger partial charge < -0.3 is 14.8 Å². The normalized spacial score (nSPS) is 19.2. The van der Waals surface area contributed by atoms with Crippen LogP contribution in [0.1, 0.15) is 36.3 Å². The van der Waals surface area contributed by atoms with Gasteiger partial charge in [0.2, 0.25) is 5.91 Å². The number of rotatable bonds is 5. The summed E-state index contributed by atoms with van der Waals surface area (Å²) in [5, 5.41) is 5.59. The van der Waals surface area contributed by atoms with Gasteiger partial charge in [0.1, 0.15) is 11.5 Å². The molecule has 4 nitrogen and oxygen atoms in total. The van der Waals surface area contributed by atoms with Crippen molar-refractivity contribution in [2.24, 2.45) is 5.92 Å². The number of benzene rings is 2. The van der Waals surface area contributed by atoms with Gasteiger partial charge in [0, 0.05) is 29.5 Å². The third-order valence-electron chi connectivity index (χ3n) is 5.31. The van der Waals surface area contributed by atoms with Crippen LogP contribution >= 0.6 is 0 Å². The van der Waals surface area contributed by atoms with E-state index in [9.17, 15) is 4.79 Å². The fourth-order valence-corrected chi connectivity index (χ4v) is 3.89. The van der Waals surface area contributed by atoms with Crippen molar-refractivity contribution in [3.8, 4) is 11.5 Å². The lowest BCUT2D eigenvalue weighted by molar-refractivity contribution is -0.122. The van der Waals surface area contributed by atoms with Crippen LogP contribution in [-0.2, 0) is 11.2 Å². The average Bonchev–Trinajstić information content (AvgIpc) is 3.46. The molecule has 2 aliphatic rings.